The van der Waals surface area contributed by atoms with Crippen LogP contribution in [0.1, 0.15) is 44.2 Å². The van der Waals surface area contributed by atoms with Crippen molar-refractivity contribution in [3.05, 3.63) is 71.8 Å². The Kier molecular flexibility index (Phi) is 9.29. The topological polar surface area (TPSA) is 89.9 Å². The summed E-state index contributed by atoms with van der Waals surface area (Å²) in [7, 11) is 0. The van der Waals surface area contributed by atoms with Crippen LogP contribution >= 0.6 is 0 Å². The Hall–Kier alpha value is -3.28. The number of hydrogen-bond donors (Lipinski definition) is 2. The molecule has 0 aliphatic rings. The number of nitrogens with zero attached hydrogens (tertiary/aromatic N) is 4. The van der Waals surface area contributed by atoms with Crippen molar-refractivity contribution in [1.82, 2.24) is 0 Å². The maximum atomic E-state index is 9.32. The number of oxime groups is 2. The Morgan fingerprint density at radius 1 is 0.655 bits per heavy atom. The van der Waals surface area contributed by atoms with Crippen LogP contribution in [-0.2, 0) is 0 Å². The Labute approximate surface area is 172 Å². The van der Waals surface area contributed by atoms with Crippen LogP contribution in [0, 0.1) is 0 Å². The fourth-order valence-corrected chi connectivity index (χ4v) is 2.91. The molecule has 0 saturated heterocycles. The second kappa shape index (κ2) is 12.2. The van der Waals surface area contributed by atoms with Crippen LogP contribution in [0.5, 0.6) is 0 Å². The van der Waals surface area contributed by atoms with Crippen LogP contribution < -0.4 is 0 Å². The third-order valence-electron chi connectivity index (χ3n) is 4.41. The van der Waals surface area contributed by atoms with Crippen LogP contribution in [0.3, 0.4) is 0 Å². The number of benzene rings is 2. The van der Waals surface area contributed by atoms with Crippen LogP contribution in [-0.4, -0.2) is 46.4 Å². The minimum atomic E-state index is 0.548. The number of rotatable bonds is 10. The van der Waals surface area contributed by atoms with E-state index in [-0.39, 0.29) is 0 Å². The maximum absolute atomic E-state index is 9.32. The second-order valence-electron chi connectivity index (χ2n) is 6.35. The minimum absolute atomic E-state index is 0.548. The SMILES string of the molecule is CC/C(=N/O)C(=NCCCN=C(/C(CC)=N/O)c1ccccc1)c1ccccc1. The molecule has 0 saturated carbocycles. The zero-order valence-electron chi connectivity index (χ0n) is 17.0. The molecule has 0 aliphatic heterocycles. The molecule has 0 unspecified atom stereocenters. The smallest absolute Gasteiger partial charge is 0.105 e. The van der Waals surface area contributed by atoms with Crippen LogP contribution in [0.2, 0.25) is 0 Å². The monoisotopic (exact) mass is 392 g/mol. The standard InChI is InChI=1S/C23H28N4O2/c1-3-20(26-28)22(18-12-7-5-8-13-18)24-16-11-17-25-23(21(4-2)27-29)19-14-9-6-10-15-19/h5-10,12-15,28-29H,3-4,11,16-17H2,1-2H3/b24-22?,25-23?,26-20-,27-21+. The third-order valence-corrected chi connectivity index (χ3v) is 4.41. The highest BCUT2D eigenvalue weighted by Crippen LogP contribution is 2.08. The van der Waals surface area contributed by atoms with Crippen molar-refractivity contribution in [3.63, 3.8) is 0 Å². The van der Waals surface area contributed by atoms with E-state index in [2.05, 4.69) is 20.3 Å². The van der Waals surface area contributed by atoms with Crippen molar-refractivity contribution in [2.75, 3.05) is 13.1 Å². The molecule has 152 valence electrons. The molecule has 2 N–H and O–H groups in total. The molecular weight excluding hydrogens is 364 g/mol. The lowest BCUT2D eigenvalue weighted by Crippen LogP contribution is -2.17. The van der Waals surface area contributed by atoms with E-state index in [4.69, 9.17) is 0 Å². The Morgan fingerprint density at radius 2 is 1.03 bits per heavy atom. The van der Waals surface area contributed by atoms with E-state index in [1.54, 1.807) is 0 Å². The molecular formula is C23H28N4O2. The summed E-state index contributed by atoms with van der Waals surface area (Å²) in [5, 5.41) is 25.5. The molecule has 0 radical (unpaired) electrons. The van der Waals surface area contributed by atoms with Gasteiger partial charge in [0, 0.05) is 24.2 Å². The van der Waals surface area contributed by atoms with E-state index < -0.39 is 0 Å². The summed E-state index contributed by atoms with van der Waals surface area (Å²) in [6, 6.07) is 19.4. The highest BCUT2D eigenvalue weighted by molar-refractivity contribution is 6.48. The molecule has 2 aromatic carbocycles. The summed E-state index contributed by atoms with van der Waals surface area (Å²) in [6.07, 6.45) is 1.90. The van der Waals surface area contributed by atoms with Gasteiger partial charge in [0.1, 0.15) is 11.4 Å². The zero-order valence-corrected chi connectivity index (χ0v) is 17.0. The molecule has 29 heavy (non-hydrogen) atoms. The summed E-state index contributed by atoms with van der Waals surface area (Å²) >= 11 is 0. The highest BCUT2D eigenvalue weighted by Gasteiger charge is 2.11. The lowest BCUT2D eigenvalue weighted by atomic mass is 10.0. The van der Waals surface area contributed by atoms with Gasteiger partial charge in [-0.1, -0.05) is 84.8 Å². The van der Waals surface area contributed by atoms with E-state index in [9.17, 15) is 10.4 Å². The van der Waals surface area contributed by atoms with Gasteiger partial charge in [0.15, 0.2) is 0 Å². The van der Waals surface area contributed by atoms with E-state index in [1.165, 1.54) is 0 Å². The molecule has 0 heterocycles. The summed E-state index contributed by atoms with van der Waals surface area (Å²) < 4.78 is 0. The van der Waals surface area contributed by atoms with Crippen LogP contribution in [0.4, 0.5) is 0 Å². The van der Waals surface area contributed by atoms with Crippen molar-refractivity contribution in [2.45, 2.75) is 33.1 Å². The largest absolute Gasteiger partial charge is 0.411 e. The molecule has 0 atom stereocenters. The predicted molar refractivity (Wildman–Crippen MR) is 119 cm³/mol. The van der Waals surface area contributed by atoms with Gasteiger partial charge in [0.25, 0.3) is 0 Å². The van der Waals surface area contributed by atoms with Crippen LogP contribution in [0.15, 0.2) is 81.0 Å². The van der Waals surface area contributed by atoms with Gasteiger partial charge in [-0.25, -0.2) is 0 Å². The molecule has 0 aliphatic carbocycles. The highest BCUT2D eigenvalue weighted by atomic mass is 16.4. The average molecular weight is 393 g/mol. The number of hydrogen-bond acceptors (Lipinski definition) is 6. The molecule has 6 heteroatoms. The fraction of sp³-hybridized carbons (Fsp3) is 0.304. The summed E-state index contributed by atoms with van der Waals surface area (Å²) in [5.74, 6) is 0. The fourth-order valence-electron chi connectivity index (χ4n) is 2.91. The van der Waals surface area contributed by atoms with Gasteiger partial charge in [-0.15, -0.1) is 0 Å². The molecule has 0 aromatic heterocycles. The van der Waals surface area contributed by atoms with E-state index >= 15 is 0 Å². The van der Waals surface area contributed by atoms with Crippen molar-refractivity contribution < 1.29 is 10.4 Å². The van der Waals surface area contributed by atoms with Gasteiger partial charge < -0.3 is 10.4 Å². The van der Waals surface area contributed by atoms with Gasteiger partial charge in [0.05, 0.1) is 11.4 Å². The minimum Gasteiger partial charge on any atom is -0.411 e. The summed E-state index contributed by atoms with van der Waals surface area (Å²) in [5.41, 5.74) is 4.38. The van der Waals surface area contributed by atoms with E-state index in [0.29, 0.717) is 48.8 Å². The first kappa shape index (κ1) is 22.0. The van der Waals surface area contributed by atoms with E-state index in [0.717, 1.165) is 17.5 Å². The summed E-state index contributed by atoms with van der Waals surface area (Å²) in [4.78, 5) is 9.34. The normalized spacial score (nSPS) is 13.6. The molecule has 0 fully saturated rings. The first-order valence-electron chi connectivity index (χ1n) is 9.87. The molecule has 0 bridgehead atoms. The Balaban J connectivity index is 2.14. The van der Waals surface area contributed by atoms with Gasteiger partial charge in [0.2, 0.25) is 0 Å². The maximum Gasteiger partial charge on any atom is 0.105 e. The summed E-state index contributed by atoms with van der Waals surface area (Å²) in [6.45, 7) is 4.97. The predicted octanol–water partition coefficient (Wildman–Crippen LogP) is 4.84. The van der Waals surface area contributed by atoms with Crippen molar-refractivity contribution in [2.24, 2.45) is 20.3 Å². The van der Waals surface area contributed by atoms with Gasteiger partial charge in [-0.05, 0) is 19.3 Å². The lowest BCUT2D eigenvalue weighted by molar-refractivity contribution is 0.319. The van der Waals surface area contributed by atoms with Crippen molar-refractivity contribution in [3.8, 4) is 0 Å². The van der Waals surface area contributed by atoms with Gasteiger partial charge >= 0.3 is 0 Å². The third kappa shape index (κ3) is 6.38. The van der Waals surface area contributed by atoms with Crippen molar-refractivity contribution in [1.29, 1.82) is 0 Å². The number of aliphatic imine (C=N–C) groups is 2. The first-order chi connectivity index (χ1) is 14.2. The van der Waals surface area contributed by atoms with Crippen molar-refractivity contribution >= 4 is 22.8 Å². The molecule has 0 spiro atoms. The van der Waals surface area contributed by atoms with Crippen LogP contribution in [0.25, 0.3) is 0 Å². The lowest BCUT2D eigenvalue weighted by Gasteiger charge is -2.09. The van der Waals surface area contributed by atoms with E-state index in [1.807, 2.05) is 74.5 Å². The quantitative estimate of drug-likeness (QED) is 0.262. The first-order valence-corrected chi connectivity index (χ1v) is 9.87. The average Bonchev–Trinajstić information content (AvgIpc) is 2.79. The van der Waals surface area contributed by atoms with Gasteiger partial charge in [-0.2, -0.15) is 0 Å². The zero-order chi connectivity index (χ0) is 20.9. The van der Waals surface area contributed by atoms with Gasteiger partial charge in [-0.3, -0.25) is 9.98 Å². The molecule has 2 rings (SSSR count). The second-order valence-corrected chi connectivity index (χ2v) is 6.35. The molecule has 2 aromatic rings. The Morgan fingerprint density at radius 3 is 1.34 bits per heavy atom. The molecule has 6 nitrogen and oxygen atoms in total. The Bertz CT molecular complexity index is 799. The molecule has 0 amide bonds.